The highest BCUT2D eigenvalue weighted by Crippen LogP contribution is 2.27. The van der Waals surface area contributed by atoms with Crippen molar-refractivity contribution in [1.29, 1.82) is 0 Å². The van der Waals surface area contributed by atoms with Crippen LogP contribution in [0.15, 0.2) is 0 Å². The summed E-state index contributed by atoms with van der Waals surface area (Å²) in [6.45, 7) is 4.89. The quantitative estimate of drug-likeness (QED) is 0.176. The van der Waals surface area contributed by atoms with Crippen LogP contribution in [0.25, 0.3) is 0 Å². The average Bonchev–Trinajstić information content (AvgIpc) is 2.72. The van der Waals surface area contributed by atoms with E-state index in [0.29, 0.717) is 6.61 Å². The molecule has 0 bridgehead atoms. The van der Waals surface area contributed by atoms with E-state index in [9.17, 15) is 5.11 Å². The molecular weight excluding hydrogens is 342 g/mol. The van der Waals surface area contributed by atoms with Gasteiger partial charge in [0, 0.05) is 0 Å². The summed E-state index contributed by atoms with van der Waals surface area (Å²) in [7, 11) is 2.41. The molecule has 1 saturated carbocycles. The molecule has 1 aliphatic rings. The SMILES string of the molecule is CCCCCCCCCCCCCCCCC[N+](C)(CCO)C1CCCCC1. The largest absolute Gasteiger partial charge is 0.391 e. The van der Waals surface area contributed by atoms with Crippen LogP contribution in [0.4, 0.5) is 0 Å². The molecule has 0 amide bonds. The third-order valence-corrected chi connectivity index (χ3v) is 7.34. The van der Waals surface area contributed by atoms with Gasteiger partial charge in [-0.25, -0.2) is 0 Å². The van der Waals surface area contributed by atoms with Crippen molar-refractivity contribution in [3.8, 4) is 0 Å². The van der Waals surface area contributed by atoms with E-state index in [1.807, 2.05) is 0 Å². The fraction of sp³-hybridized carbons (Fsp3) is 1.00. The number of unbranched alkanes of at least 4 members (excludes halogenated alkanes) is 14. The molecule has 28 heavy (non-hydrogen) atoms. The van der Waals surface area contributed by atoms with E-state index < -0.39 is 0 Å². The van der Waals surface area contributed by atoms with Gasteiger partial charge in [0.15, 0.2) is 0 Å². The zero-order valence-corrected chi connectivity index (χ0v) is 19.7. The molecule has 1 unspecified atom stereocenters. The van der Waals surface area contributed by atoms with Crippen LogP contribution in [-0.4, -0.2) is 42.4 Å². The van der Waals surface area contributed by atoms with E-state index in [-0.39, 0.29) is 0 Å². The van der Waals surface area contributed by atoms with Crippen molar-refractivity contribution in [2.24, 2.45) is 0 Å². The maximum absolute atomic E-state index is 9.54. The molecule has 1 rings (SSSR count). The lowest BCUT2D eigenvalue weighted by Crippen LogP contribution is -2.55. The predicted molar refractivity (Wildman–Crippen MR) is 125 cm³/mol. The normalized spacial score (nSPS) is 17.7. The molecule has 168 valence electrons. The topological polar surface area (TPSA) is 20.2 Å². The van der Waals surface area contributed by atoms with Gasteiger partial charge in [0.05, 0.1) is 26.2 Å². The van der Waals surface area contributed by atoms with E-state index >= 15 is 0 Å². The molecule has 0 spiro atoms. The van der Waals surface area contributed by atoms with Crippen LogP contribution in [0.1, 0.15) is 135 Å². The number of hydrogen-bond acceptors (Lipinski definition) is 1. The smallest absolute Gasteiger partial charge is 0.102 e. The third kappa shape index (κ3) is 12.5. The second kappa shape index (κ2) is 17.8. The summed E-state index contributed by atoms with van der Waals surface area (Å²) in [5, 5.41) is 9.54. The van der Waals surface area contributed by atoms with Gasteiger partial charge >= 0.3 is 0 Å². The van der Waals surface area contributed by atoms with Crippen molar-refractivity contribution in [2.45, 2.75) is 141 Å². The zero-order chi connectivity index (χ0) is 20.3. The van der Waals surface area contributed by atoms with Gasteiger partial charge < -0.3 is 9.59 Å². The first-order valence-electron chi connectivity index (χ1n) is 13.2. The Labute approximate surface area is 178 Å². The fourth-order valence-electron chi connectivity index (χ4n) is 5.25. The lowest BCUT2D eigenvalue weighted by molar-refractivity contribution is -0.935. The Morgan fingerprint density at radius 1 is 0.607 bits per heavy atom. The molecule has 0 saturated heterocycles. The summed E-state index contributed by atoms with van der Waals surface area (Å²) >= 11 is 0. The molecule has 1 aliphatic carbocycles. The first-order chi connectivity index (χ1) is 13.7. The predicted octanol–water partition coefficient (Wildman–Crippen LogP) is 7.63. The van der Waals surface area contributed by atoms with Gasteiger partial charge in [-0.2, -0.15) is 0 Å². The number of aliphatic hydroxyl groups excluding tert-OH is 1. The van der Waals surface area contributed by atoms with Crippen molar-refractivity contribution < 1.29 is 9.59 Å². The number of aliphatic hydroxyl groups is 1. The molecule has 2 nitrogen and oxygen atoms in total. The molecule has 0 heterocycles. The van der Waals surface area contributed by atoms with Crippen molar-refractivity contribution in [2.75, 3.05) is 26.7 Å². The maximum Gasteiger partial charge on any atom is 0.102 e. The minimum atomic E-state index is 0.353. The van der Waals surface area contributed by atoms with Crippen LogP contribution >= 0.6 is 0 Å². The molecular formula is C26H54NO+. The molecule has 1 fully saturated rings. The van der Waals surface area contributed by atoms with Gasteiger partial charge in [-0.1, -0.05) is 96.8 Å². The van der Waals surface area contributed by atoms with Crippen LogP contribution in [0.3, 0.4) is 0 Å². The third-order valence-electron chi connectivity index (χ3n) is 7.34. The molecule has 0 aromatic heterocycles. The molecule has 0 radical (unpaired) electrons. The van der Waals surface area contributed by atoms with E-state index in [0.717, 1.165) is 17.1 Å². The van der Waals surface area contributed by atoms with Gasteiger partial charge in [0.25, 0.3) is 0 Å². The Morgan fingerprint density at radius 2 is 1.04 bits per heavy atom. The maximum atomic E-state index is 9.54. The first kappa shape index (κ1) is 26.0. The summed E-state index contributed by atoms with van der Waals surface area (Å²) in [5.74, 6) is 0. The summed E-state index contributed by atoms with van der Waals surface area (Å²) in [6, 6.07) is 0.813. The highest BCUT2D eigenvalue weighted by Gasteiger charge is 2.32. The highest BCUT2D eigenvalue weighted by molar-refractivity contribution is 4.67. The molecule has 2 heteroatoms. The number of quaternary nitrogens is 1. The number of likely N-dealkylation sites (N-methyl/N-ethyl adjacent to an activating group) is 1. The molecule has 0 aromatic rings. The van der Waals surface area contributed by atoms with Gasteiger partial charge in [-0.3, -0.25) is 0 Å². The number of nitrogens with zero attached hydrogens (tertiary/aromatic N) is 1. The van der Waals surface area contributed by atoms with Gasteiger partial charge in [-0.05, 0) is 38.5 Å². The number of rotatable bonds is 19. The highest BCUT2D eigenvalue weighted by atomic mass is 16.3. The second-order valence-electron chi connectivity index (χ2n) is 9.89. The van der Waals surface area contributed by atoms with Crippen molar-refractivity contribution in [3.05, 3.63) is 0 Å². The van der Waals surface area contributed by atoms with E-state index in [4.69, 9.17) is 0 Å². The summed E-state index contributed by atoms with van der Waals surface area (Å²) in [4.78, 5) is 0. The Hall–Kier alpha value is -0.0800. The monoisotopic (exact) mass is 396 g/mol. The Bertz CT molecular complexity index is 326. The standard InChI is InChI=1S/C26H54NO/c1-3-4-5-6-7-8-9-10-11-12-13-14-15-16-20-23-27(2,24-25-28)26-21-18-17-19-22-26/h26,28H,3-25H2,1-2H3/q+1. The van der Waals surface area contributed by atoms with Gasteiger partial charge in [0.1, 0.15) is 6.54 Å². The Balaban J connectivity index is 1.92. The van der Waals surface area contributed by atoms with Gasteiger partial charge in [0.2, 0.25) is 0 Å². The molecule has 1 atom stereocenters. The summed E-state index contributed by atoms with van der Waals surface area (Å²) in [5.41, 5.74) is 0. The molecule has 1 N–H and O–H groups in total. The minimum Gasteiger partial charge on any atom is -0.391 e. The second-order valence-corrected chi connectivity index (χ2v) is 9.89. The Morgan fingerprint density at radius 3 is 1.46 bits per heavy atom. The van der Waals surface area contributed by atoms with E-state index in [2.05, 4.69) is 14.0 Å². The minimum absolute atomic E-state index is 0.353. The average molecular weight is 397 g/mol. The van der Waals surface area contributed by atoms with E-state index in [1.165, 1.54) is 135 Å². The Kier molecular flexibility index (Phi) is 16.5. The van der Waals surface area contributed by atoms with Crippen LogP contribution in [0.2, 0.25) is 0 Å². The molecule has 0 aromatic carbocycles. The van der Waals surface area contributed by atoms with Crippen LogP contribution < -0.4 is 0 Å². The van der Waals surface area contributed by atoms with Crippen molar-refractivity contribution in [1.82, 2.24) is 0 Å². The van der Waals surface area contributed by atoms with Crippen molar-refractivity contribution >= 4 is 0 Å². The van der Waals surface area contributed by atoms with Crippen LogP contribution in [-0.2, 0) is 0 Å². The summed E-state index contributed by atoms with van der Waals surface area (Å²) < 4.78 is 1.13. The van der Waals surface area contributed by atoms with E-state index in [1.54, 1.807) is 0 Å². The van der Waals surface area contributed by atoms with Crippen LogP contribution in [0, 0.1) is 0 Å². The molecule has 0 aliphatic heterocycles. The van der Waals surface area contributed by atoms with Gasteiger partial charge in [-0.15, -0.1) is 0 Å². The first-order valence-corrected chi connectivity index (χ1v) is 13.2. The lowest BCUT2D eigenvalue weighted by atomic mass is 9.92. The zero-order valence-electron chi connectivity index (χ0n) is 19.7. The van der Waals surface area contributed by atoms with Crippen molar-refractivity contribution in [3.63, 3.8) is 0 Å². The number of hydrogen-bond donors (Lipinski definition) is 1. The summed E-state index contributed by atoms with van der Waals surface area (Å²) in [6.07, 6.45) is 28.5. The van der Waals surface area contributed by atoms with Crippen LogP contribution in [0.5, 0.6) is 0 Å². The lowest BCUT2D eigenvalue weighted by Gasteiger charge is -2.43. The fourth-order valence-corrected chi connectivity index (χ4v) is 5.25.